The summed E-state index contributed by atoms with van der Waals surface area (Å²) in [6.07, 6.45) is 0. The van der Waals surface area contributed by atoms with Crippen molar-refractivity contribution in [2.45, 2.75) is 13.8 Å². The fourth-order valence-corrected chi connectivity index (χ4v) is 5.87. The molecule has 0 aliphatic rings. The maximum Gasteiger partial charge on any atom is 0.0547 e. The zero-order valence-electron chi connectivity index (χ0n) is 19.9. The van der Waals surface area contributed by atoms with E-state index in [2.05, 4.69) is 134 Å². The molecule has 35 heavy (non-hydrogen) atoms. The van der Waals surface area contributed by atoms with Gasteiger partial charge in [0.05, 0.1) is 11.0 Å². The summed E-state index contributed by atoms with van der Waals surface area (Å²) in [4.78, 5) is 0. The van der Waals surface area contributed by atoms with E-state index in [1.165, 1.54) is 71.3 Å². The summed E-state index contributed by atoms with van der Waals surface area (Å²) in [6.45, 7) is 4.52. The van der Waals surface area contributed by atoms with Crippen LogP contribution in [0, 0.1) is 13.8 Å². The first-order valence-corrected chi connectivity index (χ1v) is 12.2. The summed E-state index contributed by atoms with van der Waals surface area (Å²) in [7, 11) is 0. The van der Waals surface area contributed by atoms with Gasteiger partial charge < -0.3 is 4.57 Å². The summed E-state index contributed by atoms with van der Waals surface area (Å²) in [6, 6.07) is 41.9. The molecule has 0 radical (unpaired) electrons. The molecule has 7 aromatic rings. The molecule has 0 saturated carbocycles. The molecule has 0 N–H and O–H groups in total. The molecule has 0 unspecified atom stereocenters. The van der Waals surface area contributed by atoms with Gasteiger partial charge in [-0.2, -0.15) is 0 Å². The van der Waals surface area contributed by atoms with Crippen molar-refractivity contribution >= 4 is 43.4 Å². The van der Waals surface area contributed by atoms with Crippen molar-refractivity contribution in [1.29, 1.82) is 0 Å². The van der Waals surface area contributed by atoms with Gasteiger partial charge in [0.1, 0.15) is 0 Å². The van der Waals surface area contributed by atoms with Gasteiger partial charge in [-0.05, 0) is 81.9 Å². The van der Waals surface area contributed by atoms with Crippen molar-refractivity contribution in [2.75, 3.05) is 0 Å². The van der Waals surface area contributed by atoms with Crippen molar-refractivity contribution < 1.29 is 0 Å². The average molecular weight is 448 g/mol. The molecular weight excluding hydrogens is 422 g/mol. The predicted octanol–water partition coefficient (Wildman–Crippen LogP) is 9.37. The lowest BCUT2D eigenvalue weighted by atomic mass is 9.89. The van der Waals surface area contributed by atoms with Crippen molar-refractivity contribution in [3.05, 3.63) is 126 Å². The smallest absolute Gasteiger partial charge is 0.0547 e. The van der Waals surface area contributed by atoms with Crippen LogP contribution in [0.4, 0.5) is 0 Å². The number of rotatable bonds is 2. The van der Waals surface area contributed by atoms with Crippen LogP contribution in [0.1, 0.15) is 11.1 Å². The summed E-state index contributed by atoms with van der Waals surface area (Å²) in [5.41, 5.74) is 8.96. The molecule has 7 rings (SSSR count). The Balaban J connectivity index is 1.73. The third-order valence-electron chi connectivity index (χ3n) is 7.51. The molecule has 166 valence electrons. The highest BCUT2D eigenvalue weighted by Gasteiger charge is 2.20. The van der Waals surface area contributed by atoms with E-state index < -0.39 is 0 Å². The molecule has 0 aliphatic heterocycles. The summed E-state index contributed by atoms with van der Waals surface area (Å²) < 4.78 is 2.43. The Hall–Kier alpha value is -4.36. The number of benzene rings is 6. The maximum absolute atomic E-state index is 2.43. The Labute approximate surface area is 204 Å². The zero-order chi connectivity index (χ0) is 23.5. The van der Waals surface area contributed by atoms with E-state index >= 15 is 0 Å². The van der Waals surface area contributed by atoms with Crippen molar-refractivity contribution in [3.63, 3.8) is 0 Å². The van der Waals surface area contributed by atoms with Gasteiger partial charge in [-0.15, -0.1) is 0 Å². The van der Waals surface area contributed by atoms with Crippen molar-refractivity contribution in [3.8, 4) is 16.8 Å². The second kappa shape index (κ2) is 7.58. The van der Waals surface area contributed by atoms with E-state index in [-0.39, 0.29) is 0 Å². The van der Waals surface area contributed by atoms with Crippen LogP contribution in [0.15, 0.2) is 115 Å². The molecule has 0 bridgehead atoms. The molecule has 1 heteroatoms. The van der Waals surface area contributed by atoms with Crippen LogP contribution in [-0.2, 0) is 0 Å². The normalized spacial score (nSPS) is 11.7. The molecular formula is C34H25N. The second-order valence-corrected chi connectivity index (χ2v) is 9.46. The molecule has 0 spiro atoms. The highest BCUT2D eigenvalue weighted by molar-refractivity contribution is 6.25. The Morgan fingerprint density at radius 1 is 0.486 bits per heavy atom. The number of para-hydroxylation sites is 1. The monoisotopic (exact) mass is 447 g/mol. The summed E-state index contributed by atoms with van der Waals surface area (Å²) in [5, 5.41) is 7.84. The number of aromatic nitrogens is 1. The van der Waals surface area contributed by atoms with Gasteiger partial charge in [-0.3, -0.25) is 0 Å². The number of hydrogen-bond donors (Lipinski definition) is 0. The highest BCUT2D eigenvalue weighted by atomic mass is 15.0. The first kappa shape index (κ1) is 20.1. The van der Waals surface area contributed by atoms with Crippen LogP contribution in [0.25, 0.3) is 60.2 Å². The topological polar surface area (TPSA) is 4.93 Å². The van der Waals surface area contributed by atoms with E-state index in [0.717, 1.165) is 0 Å². The lowest BCUT2D eigenvalue weighted by Gasteiger charge is -2.15. The number of hydrogen-bond acceptors (Lipinski definition) is 0. The fraction of sp³-hybridized carbons (Fsp3) is 0.0588. The largest absolute Gasteiger partial charge is 0.309 e. The number of aryl methyl sites for hydroxylation is 2. The first-order chi connectivity index (χ1) is 17.2. The molecule has 0 amide bonds. The van der Waals surface area contributed by atoms with Gasteiger partial charge in [0.15, 0.2) is 0 Å². The van der Waals surface area contributed by atoms with E-state index in [9.17, 15) is 0 Å². The predicted molar refractivity (Wildman–Crippen MR) is 151 cm³/mol. The minimum absolute atomic E-state index is 1.19. The van der Waals surface area contributed by atoms with Gasteiger partial charge >= 0.3 is 0 Å². The van der Waals surface area contributed by atoms with Crippen LogP contribution in [0.3, 0.4) is 0 Å². The van der Waals surface area contributed by atoms with Gasteiger partial charge in [0, 0.05) is 16.5 Å². The molecule has 0 atom stereocenters. The molecule has 0 saturated heterocycles. The average Bonchev–Trinajstić information content (AvgIpc) is 3.25. The van der Waals surface area contributed by atoms with E-state index in [1.807, 2.05) is 0 Å². The molecule has 0 aliphatic carbocycles. The minimum atomic E-state index is 1.19. The Bertz CT molecular complexity index is 1910. The van der Waals surface area contributed by atoms with Crippen LogP contribution < -0.4 is 0 Å². The van der Waals surface area contributed by atoms with Crippen LogP contribution in [0.2, 0.25) is 0 Å². The van der Waals surface area contributed by atoms with Crippen molar-refractivity contribution in [1.82, 2.24) is 4.57 Å². The zero-order valence-corrected chi connectivity index (χ0v) is 19.9. The van der Waals surface area contributed by atoms with E-state index in [0.29, 0.717) is 0 Å². The minimum Gasteiger partial charge on any atom is -0.309 e. The first-order valence-electron chi connectivity index (χ1n) is 12.2. The molecule has 1 aromatic heterocycles. The number of fused-ring (bicyclic) bond motifs is 6. The third kappa shape index (κ3) is 2.88. The molecule has 1 heterocycles. The second-order valence-electron chi connectivity index (χ2n) is 9.46. The SMILES string of the molecule is Cc1ccc2c(c1-c1ccc3ccccc3c1C)c1c3ccccc3ccc1n2-c1ccccc1. The third-order valence-corrected chi connectivity index (χ3v) is 7.51. The maximum atomic E-state index is 2.43. The number of nitrogens with zero attached hydrogens (tertiary/aromatic N) is 1. The van der Waals surface area contributed by atoms with Crippen LogP contribution in [0.5, 0.6) is 0 Å². The van der Waals surface area contributed by atoms with Crippen molar-refractivity contribution in [2.24, 2.45) is 0 Å². The van der Waals surface area contributed by atoms with E-state index in [1.54, 1.807) is 0 Å². The van der Waals surface area contributed by atoms with Gasteiger partial charge in [-0.1, -0.05) is 91.0 Å². The lowest BCUT2D eigenvalue weighted by Crippen LogP contribution is -1.94. The molecule has 0 fully saturated rings. The Kier molecular flexibility index (Phi) is 4.34. The summed E-state index contributed by atoms with van der Waals surface area (Å²) >= 11 is 0. The Morgan fingerprint density at radius 2 is 1.09 bits per heavy atom. The standard InChI is InChI=1S/C34H25N/c1-22-16-20-31-34(32(22)28-19-17-24-10-6-8-14-27(24)23(28)2)33-29-15-9-7-11-25(29)18-21-30(33)35(31)26-12-4-3-5-13-26/h3-21H,1-2H3. The van der Waals surface area contributed by atoms with Crippen LogP contribution in [-0.4, -0.2) is 4.57 Å². The fourth-order valence-electron chi connectivity index (χ4n) is 5.87. The lowest BCUT2D eigenvalue weighted by molar-refractivity contribution is 1.18. The van der Waals surface area contributed by atoms with Gasteiger partial charge in [-0.25, -0.2) is 0 Å². The van der Waals surface area contributed by atoms with E-state index in [4.69, 9.17) is 0 Å². The highest BCUT2D eigenvalue weighted by Crippen LogP contribution is 2.44. The summed E-state index contributed by atoms with van der Waals surface area (Å²) in [5.74, 6) is 0. The van der Waals surface area contributed by atoms with Gasteiger partial charge in [0.2, 0.25) is 0 Å². The molecule has 6 aromatic carbocycles. The van der Waals surface area contributed by atoms with Crippen LogP contribution >= 0.6 is 0 Å². The quantitative estimate of drug-likeness (QED) is 0.249. The Morgan fingerprint density at radius 3 is 1.89 bits per heavy atom. The van der Waals surface area contributed by atoms with Gasteiger partial charge in [0.25, 0.3) is 0 Å². The molecule has 1 nitrogen and oxygen atoms in total.